The van der Waals surface area contributed by atoms with E-state index >= 15 is 0 Å². The minimum absolute atomic E-state index is 0.0545. The van der Waals surface area contributed by atoms with Crippen LogP contribution in [0.1, 0.15) is 58.5 Å². The molecule has 0 spiro atoms. The van der Waals surface area contributed by atoms with E-state index in [9.17, 15) is 0 Å². The zero-order valence-corrected chi connectivity index (χ0v) is 19.9. The molecule has 0 radical (unpaired) electrons. The molecule has 164 valence electrons. The third-order valence-corrected chi connectivity index (χ3v) is 6.51. The van der Waals surface area contributed by atoms with Crippen LogP contribution in [0.25, 0.3) is 6.08 Å². The normalized spacial score (nSPS) is 19.2. The SMILES string of the molecule is CC[C@](C)(c1nnnn1[C@@H](/C=C/c1ccc(Cl)cc1Cl)C(C)(C)C)N1CCOCC1. The standard InChI is InChI=1S/C22H31Cl2N5O/c1-6-22(5,28-11-13-30-14-12-28)20-25-26-27-29(20)19(21(2,3)4)10-8-16-7-9-17(23)15-18(16)24/h7-10,15,19H,6,11-14H2,1-5H3/b10-8+/t19-,22+/m0/s1. The van der Waals surface area contributed by atoms with Gasteiger partial charge in [-0.25, -0.2) is 4.68 Å². The van der Waals surface area contributed by atoms with Gasteiger partial charge in [-0.1, -0.05) is 69.1 Å². The number of hydrogen-bond acceptors (Lipinski definition) is 5. The number of benzene rings is 1. The molecule has 1 fully saturated rings. The quantitative estimate of drug-likeness (QED) is 0.600. The van der Waals surface area contributed by atoms with Crippen LogP contribution in [0.4, 0.5) is 0 Å². The summed E-state index contributed by atoms with van der Waals surface area (Å²) in [6, 6.07) is 5.46. The Labute approximate surface area is 189 Å². The molecule has 8 heteroatoms. The van der Waals surface area contributed by atoms with Crippen molar-refractivity contribution >= 4 is 29.3 Å². The van der Waals surface area contributed by atoms with Gasteiger partial charge in [-0.3, -0.25) is 4.90 Å². The summed E-state index contributed by atoms with van der Waals surface area (Å²) >= 11 is 12.4. The van der Waals surface area contributed by atoms with E-state index < -0.39 is 0 Å². The van der Waals surface area contributed by atoms with E-state index in [4.69, 9.17) is 27.9 Å². The number of hydrogen-bond donors (Lipinski definition) is 0. The van der Waals surface area contributed by atoms with Gasteiger partial charge in [0.15, 0.2) is 5.82 Å². The molecule has 0 amide bonds. The largest absolute Gasteiger partial charge is 0.379 e. The Hall–Kier alpha value is -1.47. The van der Waals surface area contributed by atoms with Crippen molar-refractivity contribution in [2.45, 2.75) is 52.6 Å². The summed E-state index contributed by atoms with van der Waals surface area (Å²) in [6.07, 6.45) is 5.05. The number of allylic oxidation sites excluding steroid dienone is 1. The Morgan fingerprint density at radius 3 is 2.47 bits per heavy atom. The molecule has 1 aliphatic heterocycles. The van der Waals surface area contributed by atoms with Gasteiger partial charge in [0.1, 0.15) is 0 Å². The van der Waals surface area contributed by atoms with Gasteiger partial charge in [0, 0.05) is 23.1 Å². The summed E-state index contributed by atoms with van der Waals surface area (Å²) in [7, 11) is 0. The molecule has 0 saturated carbocycles. The third-order valence-electron chi connectivity index (χ3n) is 5.94. The average Bonchev–Trinajstić information content (AvgIpc) is 3.18. The van der Waals surface area contributed by atoms with Crippen LogP contribution < -0.4 is 0 Å². The second-order valence-corrected chi connectivity index (χ2v) is 9.85. The van der Waals surface area contributed by atoms with Crippen LogP contribution in [0.2, 0.25) is 10.0 Å². The molecule has 2 atom stereocenters. The molecule has 2 heterocycles. The summed E-state index contributed by atoms with van der Waals surface area (Å²) in [5.74, 6) is 0.874. The highest BCUT2D eigenvalue weighted by atomic mass is 35.5. The molecule has 30 heavy (non-hydrogen) atoms. The summed E-state index contributed by atoms with van der Waals surface area (Å²) < 4.78 is 7.53. The first-order valence-corrected chi connectivity index (χ1v) is 11.2. The summed E-state index contributed by atoms with van der Waals surface area (Å²) in [6.45, 7) is 14.2. The maximum atomic E-state index is 6.38. The van der Waals surface area contributed by atoms with E-state index in [0.717, 1.165) is 44.1 Å². The molecule has 3 rings (SSSR count). The van der Waals surface area contributed by atoms with Crippen LogP contribution >= 0.6 is 23.2 Å². The highest BCUT2D eigenvalue weighted by Gasteiger charge is 2.40. The van der Waals surface area contributed by atoms with E-state index in [0.29, 0.717) is 10.0 Å². The van der Waals surface area contributed by atoms with Gasteiger partial charge in [0.25, 0.3) is 0 Å². The number of tetrazole rings is 1. The van der Waals surface area contributed by atoms with Gasteiger partial charge in [-0.05, 0) is 46.9 Å². The van der Waals surface area contributed by atoms with Crippen molar-refractivity contribution in [1.82, 2.24) is 25.1 Å². The molecule has 1 aromatic carbocycles. The second kappa shape index (κ2) is 9.35. The minimum atomic E-state index is -0.275. The molecule has 1 aliphatic rings. The fraction of sp³-hybridized carbons (Fsp3) is 0.591. The van der Waals surface area contributed by atoms with Gasteiger partial charge in [-0.15, -0.1) is 5.10 Å². The van der Waals surface area contributed by atoms with Crippen molar-refractivity contribution < 1.29 is 4.74 Å². The number of ether oxygens (including phenoxy) is 1. The van der Waals surface area contributed by atoms with Crippen LogP contribution in [0.3, 0.4) is 0 Å². The predicted octanol–water partition coefficient (Wildman–Crippen LogP) is 5.24. The van der Waals surface area contributed by atoms with Crippen LogP contribution in [-0.4, -0.2) is 51.4 Å². The van der Waals surface area contributed by atoms with Crippen LogP contribution in [0.5, 0.6) is 0 Å². The smallest absolute Gasteiger partial charge is 0.171 e. The zero-order chi connectivity index (χ0) is 21.9. The molecule has 0 aliphatic carbocycles. The van der Waals surface area contributed by atoms with Crippen molar-refractivity contribution in [2.75, 3.05) is 26.3 Å². The first-order chi connectivity index (χ1) is 14.2. The first kappa shape index (κ1) is 23.2. The lowest BCUT2D eigenvalue weighted by molar-refractivity contribution is -0.0258. The number of halogens is 2. The lowest BCUT2D eigenvalue weighted by Crippen LogP contribution is -2.51. The van der Waals surface area contributed by atoms with Crippen molar-refractivity contribution in [3.05, 3.63) is 45.7 Å². The maximum absolute atomic E-state index is 6.38. The zero-order valence-electron chi connectivity index (χ0n) is 18.4. The summed E-state index contributed by atoms with van der Waals surface area (Å²) in [5, 5.41) is 14.2. The maximum Gasteiger partial charge on any atom is 0.171 e. The van der Waals surface area contributed by atoms with Crippen LogP contribution in [0.15, 0.2) is 24.3 Å². The topological polar surface area (TPSA) is 56.1 Å². The lowest BCUT2D eigenvalue weighted by Gasteiger charge is -2.42. The van der Waals surface area contributed by atoms with Crippen molar-refractivity contribution in [3.8, 4) is 0 Å². The van der Waals surface area contributed by atoms with E-state index in [1.54, 1.807) is 6.07 Å². The highest BCUT2D eigenvalue weighted by Crippen LogP contribution is 2.38. The molecular weight excluding hydrogens is 421 g/mol. The number of nitrogens with zero attached hydrogens (tertiary/aromatic N) is 5. The third kappa shape index (κ3) is 4.88. The van der Waals surface area contributed by atoms with E-state index in [2.05, 4.69) is 61.1 Å². The molecule has 0 unspecified atom stereocenters. The van der Waals surface area contributed by atoms with E-state index in [1.807, 2.05) is 22.9 Å². The van der Waals surface area contributed by atoms with Gasteiger partial charge in [0.05, 0.1) is 24.8 Å². The molecule has 0 N–H and O–H groups in total. The van der Waals surface area contributed by atoms with E-state index in [-0.39, 0.29) is 17.0 Å². The Bertz CT molecular complexity index is 886. The van der Waals surface area contributed by atoms with Crippen molar-refractivity contribution in [3.63, 3.8) is 0 Å². The lowest BCUT2D eigenvalue weighted by atomic mass is 9.85. The molecule has 2 aromatic rings. The Morgan fingerprint density at radius 1 is 1.17 bits per heavy atom. The Morgan fingerprint density at radius 2 is 1.87 bits per heavy atom. The second-order valence-electron chi connectivity index (χ2n) is 9.01. The van der Waals surface area contributed by atoms with Crippen LogP contribution in [0, 0.1) is 5.41 Å². The molecular formula is C22H31Cl2N5O. The molecule has 1 aromatic heterocycles. The van der Waals surface area contributed by atoms with Crippen molar-refractivity contribution in [2.24, 2.45) is 5.41 Å². The summed E-state index contributed by atoms with van der Waals surface area (Å²) in [4.78, 5) is 2.43. The molecule has 1 saturated heterocycles. The van der Waals surface area contributed by atoms with E-state index in [1.165, 1.54) is 0 Å². The number of aromatic nitrogens is 4. The molecule has 6 nitrogen and oxygen atoms in total. The predicted molar refractivity (Wildman–Crippen MR) is 122 cm³/mol. The minimum Gasteiger partial charge on any atom is -0.379 e. The van der Waals surface area contributed by atoms with Gasteiger partial charge in [0.2, 0.25) is 0 Å². The van der Waals surface area contributed by atoms with Gasteiger partial charge < -0.3 is 4.74 Å². The average molecular weight is 452 g/mol. The Kier molecular flexibility index (Phi) is 7.23. The first-order valence-electron chi connectivity index (χ1n) is 10.4. The summed E-state index contributed by atoms with van der Waals surface area (Å²) in [5.41, 5.74) is 0.526. The van der Waals surface area contributed by atoms with Crippen LogP contribution in [-0.2, 0) is 10.3 Å². The van der Waals surface area contributed by atoms with Gasteiger partial charge in [-0.2, -0.15) is 0 Å². The van der Waals surface area contributed by atoms with Gasteiger partial charge >= 0.3 is 0 Å². The number of morpholine rings is 1. The fourth-order valence-electron chi connectivity index (χ4n) is 3.88. The highest BCUT2D eigenvalue weighted by molar-refractivity contribution is 6.35. The number of rotatable bonds is 6. The monoisotopic (exact) mass is 451 g/mol. The Balaban J connectivity index is 2.00. The van der Waals surface area contributed by atoms with Crippen molar-refractivity contribution in [1.29, 1.82) is 0 Å². The fourth-order valence-corrected chi connectivity index (χ4v) is 4.36. The molecule has 0 bridgehead atoms.